The van der Waals surface area contributed by atoms with Gasteiger partial charge in [0.25, 0.3) is 0 Å². The number of aromatic nitrogens is 1. The Bertz CT molecular complexity index is 640. The van der Waals surface area contributed by atoms with Gasteiger partial charge in [0.05, 0.1) is 29.4 Å². The minimum atomic E-state index is 0.307. The van der Waals surface area contributed by atoms with Crippen LogP contribution >= 0.6 is 15.9 Å². The average molecular weight is 339 g/mol. The molecule has 0 spiro atoms. The van der Waals surface area contributed by atoms with Gasteiger partial charge in [-0.1, -0.05) is 12.1 Å². The van der Waals surface area contributed by atoms with Crippen molar-refractivity contribution in [1.29, 1.82) is 0 Å². The molecule has 0 bridgehead atoms. The first-order valence-corrected chi connectivity index (χ1v) is 7.33. The van der Waals surface area contributed by atoms with Crippen molar-refractivity contribution in [3.05, 3.63) is 22.3 Å². The van der Waals surface area contributed by atoms with Crippen LogP contribution in [0.2, 0.25) is 0 Å². The van der Waals surface area contributed by atoms with Crippen LogP contribution in [-0.2, 0) is 6.42 Å². The highest BCUT2D eigenvalue weighted by molar-refractivity contribution is 9.10. The molecule has 3 rings (SSSR count). The van der Waals surface area contributed by atoms with Crippen LogP contribution in [-0.4, -0.2) is 18.4 Å². The molecule has 0 unspecified atom stereocenters. The van der Waals surface area contributed by atoms with E-state index in [-0.39, 0.29) is 0 Å². The van der Waals surface area contributed by atoms with Gasteiger partial charge in [-0.15, -0.1) is 0 Å². The number of nitrogen functional groups attached to an aromatic ring is 1. The molecule has 2 aromatic rings. The minimum absolute atomic E-state index is 0.307. The van der Waals surface area contributed by atoms with Crippen LogP contribution in [0.25, 0.3) is 11.1 Å². The van der Waals surface area contributed by atoms with Gasteiger partial charge < -0.3 is 19.7 Å². The summed E-state index contributed by atoms with van der Waals surface area (Å²) in [4.78, 5) is 0. The van der Waals surface area contributed by atoms with Crippen LogP contribution in [0.3, 0.4) is 0 Å². The molecule has 0 radical (unpaired) electrons. The Balaban J connectivity index is 2.24. The predicted octanol–water partition coefficient (Wildman–Crippen LogP) is 3.41. The van der Waals surface area contributed by atoms with E-state index in [0.717, 1.165) is 45.5 Å². The third kappa shape index (κ3) is 2.14. The monoisotopic (exact) mass is 338 g/mol. The lowest BCUT2D eigenvalue weighted by Crippen LogP contribution is -2.00. The van der Waals surface area contributed by atoms with Crippen LogP contribution < -0.4 is 15.2 Å². The van der Waals surface area contributed by atoms with Crippen molar-refractivity contribution >= 4 is 21.8 Å². The molecule has 0 aliphatic carbocycles. The third-order valence-electron chi connectivity index (χ3n) is 3.32. The Labute approximate surface area is 125 Å². The molecule has 0 saturated heterocycles. The van der Waals surface area contributed by atoms with E-state index in [0.29, 0.717) is 19.1 Å². The highest BCUT2D eigenvalue weighted by Crippen LogP contribution is 2.46. The first-order chi connectivity index (χ1) is 9.72. The van der Waals surface area contributed by atoms with E-state index in [4.69, 9.17) is 19.7 Å². The number of nitrogens with zero attached hydrogens (tertiary/aromatic N) is 1. The van der Waals surface area contributed by atoms with Gasteiger partial charge in [-0.3, -0.25) is 0 Å². The summed E-state index contributed by atoms with van der Waals surface area (Å²) in [6.07, 6.45) is 3.30. The van der Waals surface area contributed by atoms with E-state index < -0.39 is 0 Å². The molecule has 1 aromatic heterocycles. The number of hydrogen-bond donors (Lipinski definition) is 1. The standard InChI is InChI=1S/C14H15BrN2O3/c1-2-8-9(10-7-17-20-14(10)16)6-11(15)13-12(8)18-4-3-5-19-13/h6-7H,2-5,16H2,1H3. The lowest BCUT2D eigenvalue weighted by atomic mass is 9.98. The number of rotatable bonds is 2. The normalized spacial score (nSPS) is 14.1. The average Bonchev–Trinajstić information content (AvgIpc) is 2.72. The van der Waals surface area contributed by atoms with Crippen molar-refractivity contribution in [2.45, 2.75) is 19.8 Å². The van der Waals surface area contributed by atoms with Gasteiger partial charge >= 0.3 is 0 Å². The second-order valence-corrected chi connectivity index (χ2v) is 5.40. The maximum atomic E-state index is 5.88. The molecule has 0 atom stereocenters. The maximum absolute atomic E-state index is 5.88. The number of ether oxygens (including phenoxy) is 2. The van der Waals surface area contributed by atoms with Crippen molar-refractivity contribution in [3.63, 3.8) is 0 Å². The molecule has 5 nitrogen and oxygen atoms in total. The smallest absolute Gasteiger partial charge is 0.229 e. The Morgan fingerprint density at radius 3 is 2.65 bits per heavy atom. The van der Waals surface area contributed by atoms with Crippen LogP contribution in [0.4, 0.5) is 5.88 Å². The number of fused-ring (bicyclic) bond motifs is 1. The van der Waals surface area contributed by atoms with Crippen molar-refractivity contribution in [2.75, 3.05) is 18.9 Å². The topological polar surface area (TPSA) is 70.5 Å². The van der Waals surface area contributed by atoms with E-state index in [9.17, 15) is 0 Å². The van der Waals surface area contributed by atoms with E-state index in [1.54, 1.807) is 6.20 Å². The zero-order chi connectivity index (χ0) is 14.1. The summed E-state index contributed by atoms with van der Waals surface area (Å²) >= 11 is 3.54. The predicted molar refractivity (Wildman–Crippen MR) is 79.0 cm³/mol. The quantitative estimate of drug-likeness (QED) is 0.908. The summed E-state index contributed by atoms with van der Waals surface area (Å²) in [6.45, 7) is 3.38. The fraction of sp³-hybridized carbons (Fsp3) is 0.357. The fourth-order valence-corrected chi connectivity index (χ4v) is 2.91. The van der Waals surface area contributed by atoms with Crippen LogP contribution in [0.5, 0.6) is 11.5 Å². The van der Waals surface area contributed by atoms with Gasteiger partial charge in [0.15, 0.2) is 11.5 Å². The van der Waals surface area contributed by atoms with Gasteiger partial charge in [-0.25, -0.2) is 0 Å². The lowest BCUT2D eigenvalue weighted by Gasteiger charge is -2.17. The van der Waals surface area contributed by atoms with Gasteiger partial charge in [0.2, 0.25) is 5.88 Å². The molecular formula is C14H15BrN2O3. The minimum Gasteiger partial charge on any atom is -0.489 e. The van der Waals surface area contributed by atoms with E-state index in [1.165, 1.54) is 0 Å². The van der Waals surface area contributed by atoms with E-state index in [1.807, 2.05) is 6.07 Å². The summed E-state index contributed by atoms with van der Waals surface area (Å²) in [5, 5.41) is 3.75. The molecule has 2 N–H and O–H groups in total. The summed E-state index contributed by atoms with van der Waals surface area (Å²) in [5.74, 6) is 1.86. The van der Waals surface area contributed by atoms with E-state index >= 15 is 0 Å². The van der Waals surface area contributed by atoms with Crippen molar-refractivity contribution in [2.24, 2.45) is 0 Å². The second kappa shape index (κ2) is 5.36. The maximum Gasteiger partial charge on any atom is 0.229 e. The zero-order valence-electron chi connectivity index (χ0n) is 11.1. The number of nitrogens with two attached hydrogens (primary N) is 1. The SMILES string of the molecule is CCc1c(-c2cnoc2N)cc(Br)c2c1OCCCO2. The molecule has 106 valence electrons. The summed E-state index contributed by atoms with van der Waals surface area (Å²) in [6, 6.07) is 1.98. The third-order valence-corrected chi connectivity index (χ3v) is 3.91. The molecule has 1 aliphatic rings. The highest BCUT2D eigenvalue weighted by Gasteiger charge is 2.23. The van der Waals surface area contributed by atoms with Gasteiger partial charge in [0, 0.05) is 12.0 Å². The number of hydrogen-bond acceptors (Lipinski definition) is 5. The molecule has 20 heavy (non-hydrogen) atoms. The summed E-state index contributed by atoms with van der Waals surface area (Å²) in [5.41, 5.74) is 8.63. The van der Waals surface area contributed by atoms with Gasteiger partial charge in [-0.2, -0.15) is 0 Å². The Morgan fingerprint density at radius 2 is 2.00 bits per heavy atom. The highest BCUT2D eigenvalue weighted by atomic mass is 79.9. The zero-order valence-corrected chi connectivity index (χ0v) is 12.7. The number of halogens is 1. The molecule has 2 heterocycles. The van der Waals surface area contributed by atoms with Crippen LogP contribution in [0.15, 0.2) is 21.3 Å². The van der Waals surface area contributed by atoms with Gasteiger partial charge in [-0.05, 0) is 34.0 Å². The van der Waals surface area contributed by atoms with Crippen LogP contribution in [0.1, 0.15) is 18.9 Å². The van der Waals surface area contributed by atoms with Crippen LogP contribution in [0, 0.1) is 0 Å². The number of benzene rings is 1. The summed E-state index contributed by atoms with van der Waals surface area (Å²) in [7, 11) is 0. The molecule has 1 aromatic carbocycles. The van der Waals surface area contributed by atoms with Crippen molar-refractivity contribution < 1.29 is 14.0 Å². The molecule has 0 fully saturated rings. The Kier molecular flexibility index (Phi) is 3.56. The van der Waals surface area contributed by atoms with Gasteiger partial charge in [0.1, 0.15) is 0 Å². The lowest BCUT2D eigenvalue weighted by molar-refractivity contribution is 0.295. The molecule has 0 saturated carbocycles. The largest absolute Gasteiger partial charge is 0.489 e. The molecule has 6 heteroatoms. The fourth-order valence-electron chi connectivity index (χ4n) is 2.38. The second-order valence-electron chi connectivity index (χ2n) is 4.55. The Morgan fingerprint density at radius 1 is 1.25 bits per heavy atom. The first-order valence-electron chi connectivity index (χ1n) is 6.53. The molecule has 0 amide bonds. The first kappa shape index (κ1) is 13.3. The molecular weight excluding hydrogens is 324 g/mol. The number of anilines is 1. The van der Waals surface area contributed by atoms with Crippen molar-refractivity contribution in [3.8, 4) is 22.6 Å². The van der Waals surface area contributed by atoms with Crippen molar-refractivity contribution in [1.82, 2.24) is 5.16 Å². The molecule has 1 aliphatic heterocycles. The van der Waals surface area contributed by atoms with E-state index in [2.05, 4.69) is 28.0 Å². The summed E-state index contributed by atoms with van der Waals surface area (Å²) < 4.78 is 17.5. The Hall–Kier alpha value is -1.69.